The van der Waals surface area contributed by atoms with Crippen LogP contribution in [0.4, 0.5) is 0 Å². The average Bonchev–Trinajstić information content (AvgIpc) is 3.26. The van der Waals surface area contributed by atoms with Gasteiger partial charge in [0, 0.05) is 45.4 Å². The van der Waals surface area contributed by atoms with Gasteiger partial charge in [0.15, 0.2) is 0 Å². The molecular weight excluding hydrogens is 775 g/mol. The van der Waals surface area contributed by atoms with E-state index < -0.39 is 6.10 Å². The lowest BCUT2D eigenvalue weighted by Crippen LogP contribution is -2.41. The molecule has 0 radical (unpaired) electrons. The molecule has 0 bridgehead atoms. The number of nitrogens with zero attached hydrogens (tertiary/aromatic N) is 1. The van der Waals surface area contributed by atoms with Crippen molar-refractivity contribution in [2.75, 3.05) is 20.2 Å². The summed E-state index contributed by atoms with van der Waals surface area (Å²) in [5, 5.41) is 0. The van der Waals surface area contributed by atoms with Crippen molar-refractivity contribution in [1.82, 2.24) is 4.90 Å². The Hall–Kier alpha value is -3.10. The summed E-state index contributed by atoms with van der Waals surface area (Å²) in [4.78, 5) is 51.3. The van der Waals surface area contributed by atoms with Gasteiger partial charge in [-0.1, -0.05) is 90.2 Å². The number of hydrogen-bond donors (Lipinski definition) is 0. The number of rotatable bonds is 28. The summed E-state index contributed by atoms with van der Waals surface area (Å²) in [7, 11) is 1.74. The number of ketones is 2. The van der Waals surface area contributed by atoms with Crippen molar-refractivity contribution in [1.29, 1.82) is 0 Å². The van der Waals surface area contributed by atoms with Gasteiger partial charge in [-0.2, -0.15) is 0 Å². The van der Waals surface area contributed by atoms with Gasteiger partial charge in [-0.3, -0.25) is 14.4 Å². The lowest BCUT2D eigenvalue weighted by atomic mass is 9.63. The minimum atomic E-state index is -0.415. The molecule has 350 valence electrons. The number of allylic oxidation sites excluding steroid dienone is 7. The monoisotopic (exact) mass is 862 g/mol. The van der Waals surface area contributed by atoms with E-state index in [1.54, 1.807) is 7.11 Å². The first-order valence-electron chi connectivity index (χ1n) is 24.5. The largest absolute Gasteiger partial charge is 0.465 e. The Bertz CT molecular complexity index is 1510. The third-order valence-electron chi connectivity index (χ3n) is 15.0. The summed E-state index contributed by atoms with van der Waals surface area (Å²) >= 11 is 0. The number of carbonyl (C=O) groups is 4. The predicted molar refractivity (Wildman–Crippen MR) is 254 cm³/mol. The fourth-order valence-electron chi connectivity index (χ4n) is 10.2. The van der Waals surface area contributed by atoms with Crippen molar-refractivity contribution < 1.29 is 33.4 Å². The van der Waals surface area contributed by atoms with E-state index in [0.717, 1.165) is 115 Å². The molecule has 2 heterocycles. The van der Waals surface area contributed by atoms with Gasteiger partial charge in [0.1, 0.15) is 24.3 Å². The van der Waals surface area contributed by atoms with Gasteiger partial charge in [0.2, 0.25) is 5.78 Å². The number of Topliss-reactive ketones (excluding diaryl/α,β-unsaturated/α-hetero) is 2. The zero-order valence-electron chi connectivity index (χ0n) is 40.5. The van der Waals surface area contributed by atoms with Crippen LogP contribution in [0.2, 0.25) is 0 Å². The fraction of sp³-hybridized carbons (Fsp3) is 0.741. The topological polar surface area (TPSA) is 99.2 Å². The Labute approximate surface area is 377 Å². The van der Waals surface area contributed by atoms with Gasteiger partial charge in [-0.15, -0.1) is 0 Å². The van der Waals surface area contributed by atoms with E-state index in [2.05, 4.69) is 91.2 Å². The van der Waals surface area contributed by atoms with Gasteiger partial charge < -0.3 is 23.9 Å². The van der Waals surface area contributed by atoms with E-state index in [1.807, 2.05) is 12.2 Å². The van der Waals surface area contributed by atoms with Gasteiger partial charge in [-0.05, 0) is 151 Å². The van der Waals surface area contributed by atoms with Crippen LogP contribution in [0.1, 0.15) is 171 Å². The van der Waals surface area contributed by atoms with Gasteiger partial charge in [-0.25, -0.2) is 0 Å². The molecule has 0 aromatic rings. The van der Waals surface area contributed by atoms with Crippen LogP contribution in [0, 0.1) is 40.9 Å². The van der Waals surface area contributed by atoms with E-state index in [0.29, 0.717) is 55.0 Å². The number of piperidine rings is 1. The van der Waals surface area contributed by atoms with E-state index in [-0.39, 0.29) is 47.3 Å². The standard InChI is InChI=1S/C54H87NO7/c1-39(2)54(29-25-48(26-30-54)61-38-57)28-24-47(27-33-56)23-22-41(4)34-43(6)44(7)36-50(58)45(8)35-40(3)18-13-11-14-19-42(5)52(60-10)37-49-20-17-21-51(62-49)53(59)46(9)55-31-15-12-16-32-55/h11,13-14,18-19,33-34,38-41,44-45,47-49,51-52H,9,12,15-17,20-32,35-37H2,1-8,10H3/b14-11+,18-13+,42-19+,43-34+. The molecule has 8 nitrogen and oxygen atoms in total. The highest BCUT2D eigenvalue weighted by molar-refractivity contribution is 5.97. The van der Waals surface area contributed by atoms with Gasteiger partial charge in [0.25, 0.3) is 6.47 Å². The first-order valence-corrected chi connectivity index (χ1v) is 24.5. The molecule has 0 N–H and O–H groups in total. The smallest absolute Gasteiger partial charge is 0.293 e. The maximum atomic E-state index is 13.4. The number of methoxy groups -OCH3 is 1. The van der Waals surface area contributed by atoms with Crippen molar-refractivity contribution in [3.8, 4) is 0 Å². The highest BCUT2D eigenvalue weighted by atomic mass is 16.5. The Kier molecular flexibility index (Phi) is 24.0. The molecule has 3 rings (SSSR count). The molecule has 1 aliphatic carbocycles. The summed E-state index contributed by atoms with van der Waals surface area (Å²) < 4.78 is 17.5. The predicted octanol–water partition coefficient (Wildman–Crippen LogP) is 12.3. The van der Waals surface area contributed by atoms with E-state index >= 15 is 0 Å². The second kappa shape index (κ2) is 27.9. The van der Waals surface area contributed by atoms with E-state index in [1.165, 1.54) is 12.0 Å². The lowest BCUT2D eigenvalue weighted by Gasteiger charge is -2.43. The fourth-order valence-corrected chi connectivity index (χ4v) is 10.2. The van der Waals surface area contributed by atoms with Crippen molar-refractivity contribution in [3.63, 3.8) is 0 Å². The normalized spacial score (nSPS) is 25.9. The number of aldehydes is 1. The van der Waals surface area contributed by atoms with Crippen LogP contribution in [0.15, 0.2) is 59.9 Å². The SMILES string of the molecule is C=C(C(=O)C1CCCC(CC(OC)/C(C)=C/C=C/C=C/C(C)CC(C)C(=O)CC(C)/C(C)=C/C(C)CCC(CC=O)CCC2(C(C)C)CCC(OC=O)CC2)O1)N1CCCCC1. The molecule has 0 aromatic heterocycles. The quantitative estimate of drug-likeness (QED) is 0.0332. The summed E-state index contributed by atoms with van der Waals surface area (Å²) in [6.45, 7) is 24.1. The maximum absolute atomic E-state index is 13.4. The Morgan fingerprint density at radius 1 is 0.839 bits per heavy atom. The first kappa shape index (κ1) is 53.2. The summed E-state index contributed by atoms with van der Waals surface area (Å²) in [6.07, 6.45) is 30.4. The molecule has 8 heteroatoms. The van der Waals surface area contributed by atoms with Crippen LogP contribution in [0.5, 0.6) is 0 Å². The minimum Gasteiger partial charge on any atom is -0.465 e. The summed E-state index contributed by atoms with van der Waals surface area (Å²) in [6, 6.07) is 0. The Balaban J connectivity index is 1.40. The number of hydrogen-bond acceptors (Lipinski definition) is 8. The van der Waals surface area contributed by atoms with Crippen LogP contribution in [-0.2, 0) is 33.4 Å². The molecule has 0 aromatic carbocycles. The zero-order chi connectivity index (χ0) is 45.7. The van der Waals surface area contributed by atoms with E-state index in [9.17, 15) is 19.2 Å². The van der Waals surface area contributed by atoms with Crippen LogP contribution >= 0.6 is 0 Å². The minimum absolute atomic E-state index is 0.0125. The first-order chi connectivity index (χ1) is 29.6. The van der Waals surface area contributed by atoms with Crippen LogP contribution in [0.3, 0.4) is 0 Å². The summed E-state index contributed by atoms with van der Waals surface area (Å²) in [5.74, 6) is 2.14. The maximum Gasteiger partial charge on any atom is 0.293 e. The third kappa shape index (κ3) is 17.8. The second-order valence-electron chi connectivity index (χ2n) is 20.1. The molecule has 3 aliphatic rings. The number of carbonyl (C=O) groups excluding carboxylic acids is 4. The molecule has 62 heavy (non-hydrogen) atoms. The van der Waals surface area contributed by atoms with Crippen molar-refractivity contribution in [2.24, 2.45) is 40.9 Å². The zero-order valence-corrected chi connectivity index (χ0v) is 40.5. The lowest BCUT2D eigenvalue weighted by molar-refractivity contribution is -0.139. The van der Waals surface area contributed by atoms with Crippen LogP contribution in [-0.4, -0.2) is 73.8 Å². The molecule has 8 atom stereocenters. The van der Waals surface area contributed by atoms with Gasteiger partial charge in [0.05, 0.1) is 17.9 Å². The third-order valence-corrected chi connectivity index (χ3v) is 15.0. The molecular formula is C54H87NO7. The average molecular weight is 862 g/mol. The van der Waals surface area contributed by atoms with Crippen molar-refractivity contribution in [3.05, 3.63) is 59.9 Å². The molecule has 2 saturated heterocycles. The van der Waals surface area contributed by atoms with Crippen molar-refractivity contribution in [2.45, 2.75) is 195 Å². The Morgan fingerprint density at radius 2 is 1.55 bits per heavy atom. The molecule has 1 saturated carbocycles. The summed E-state index contributed by atoms with van der Waals surface area (Å²) in [5.41, 5.74) is 3.26. The Morgan fingerprint density at radius 3 is 2.19 bits per heavy atom. The van der Waals surface area contributed by atoms with Crippen LogP contribution in [0.25, 0.3) is 0 Å². The second-order valence-corrected chi connectivity index (χ2v) is 20.1. The number of likely N-dealkylation sites (tertiary alicyclic amines) is 1. The van der Waals surface area contributed by atoms with Crippen LogP contribution < -0.4 is 0 Å². The van der Waals surface area contributed by atoms with Crippen molar-refractivity contribution >= 4 is 24.3 Å². The molecule has 3 fully saturated rings. The molecule has 0 amide bonds. The molecule has 8 unspecified atom stereocenters. The number of ether oxygens (including phenoxy) is 3. The van der Waals surface area contributed by atoms with E-state index in [4.69, 9.17) is 14.2 Å². The molecule has 2 aliphatic heterocycles. The highest BCUT2D eigenvalue weighted by Gasteiger charge is 2.39. The van der Waals surface area contributed by atoms with Gasteiger partial charge >= 0.3 is 0 Å². The molecule has 0 spiro atoms. The highest BCUT2D eigenvalue weighted by Crippen LogP contribution is 2.47.